The first-order valence-corrected chi connectivity index (χ1v) is 8.37. The first kappa shape index (κ1) is 20.2. The standard InChI is InChI=1S/C17H28N2O5/c1-4-5-11-24-13(2)17(23)18-9-6-7-15(8-10-18)19(14(3)20)12-16(21)22/h4,13,15H,1,5-12H2,2-3H3,(H,21,22). The summed E-state index contributed by atoms with van der Waals surface area (Å²) in [7, 11) is 0. The monoisotopic (exact) mass is 340 g/mol. The van der Waals surface area contributed by atoms with Crippen molar-refractivity contribution in [2.75, 3.05) is 26.2 Å². The molecular weight excluding hydrogens is 312 g/mol. The highest BCUT2D eigenvalue weighted by atomic mass is 16.5. The van der Waals surface area contributed by atoms with Crippen molar-refractivity contribution in [2.45, 2.75) is 51.7 Å². The molecule has 1 fully saturated rings. The van der Waals surface area contributed by atoms with Crippen LogP contribution in [-0.2, 0) is 19.1 Å². The number of amides is 2. The molecule has 0 aromatic rings. The van der Waals surface area contributed by atoms with Gasteiger partial charge in [-0.15, -0.1) is 6.58 Å². The highest BCUT2D eigenvalue weighted by Crippen LogP contribution is 2.18. The number of nitrogens with zero attached hydrogens (tertiary/aromatic N) is 2. The van der Waals surface area contributed by atoms with E-state index in [1.165, 1.54) is 11.8 Å². The minimum absolute atomic E-state index is 0.0627. The molecule has 1 rings (SSSR count). The van der Waals surface area contributed by atoms with Crippen LogP contribution in [0.15, 0.2) is 12.7 Å². The first-order valence-electron chi connectivity index (χ1n) is 8.37. The molecule has 2 amide bonds. The van der Waals surface area contributed by atoms with E-state index in [4.69, 9.17) is 9.84 Å². The molecule has 24 heavy (non-hydrogen) atoms. The van der Waals surface area contributed by atoms with Gasteiger partial charge in [0.25, 0.3) is 5.91 Å². The number of carboxylic acids is 1. The summed E-state index contributed by atoms with van der Waals surface area (Å²) in [6.45, 7) is 8.00. The van der Waals surface area contributed by atoms with Gasteiger partial charge >= 0.3 is 5.97 Å². The fraction of sp³-hybridized carbons (Fsp3) is 0.706. The summed E-state index contributed by atoms with van der Waals surface area (Å²) < 4.78 is 5.50. The topological polar surface area (TPSA) is 87.2 Å². The molecule has 1 aliphatic heterocycles. The van der Waals surface area contributed by atoms with Gasteiger partial charge in [-0.25, -0.2) is 0 Å². The van der Waals surface area contributed by atoms with Gasteiger partial charge < -0.3 is 19.6 Å². The number of carbonyl (C=O) groups excluding carboxylic acids is 2. The molecule has 2 atom stereocenters. The Morgan fingerprint density at radius 1 is 1.38 bits per heavy atom. The second-order valence-corrected chi connectivity index (χ2v) is 6.04. The van der Waals surface area contributed by atoms with Gasteiger partial charge in [-0.3, -0.25) is 14.4 Å². The Hall–Kier alpha value is -1.89. The molecule has 1 aliphatic rings. The van der Waals surface area contributed by atoms with Crippen LogP contribution >= 0.6 is 0 Å². The van der Waals surface area contributed by atoms with Gasteiger partial charge in [0.1, 0.15) is 12.6 Å². The lowest BCUT2D eigenvalue weighted by molar-refractivity contribution is -0.145. The van der Waals surface area contributed by atoms with Gasteiger partial charge in [-0.1, -0.05) is 6.08 Å². The number of likely N-dealkylation sites (tertiary alicyclic amines) is 1. The molecular formula is C17H28N2O5. The van der Waals surface area contributed by atoms with Gasteiger partial charge in [0.05, 0.1) is 6.61 Å². The zero-order valence-electron chi connectivity index (χ0n) is 14.6. The van der Waals surface area contributed by atoms with Crippen molar-refractivity contribution in [3.05, 3.63) is 12.7 Å². The van der Waals surface area contributed by atoms with Crippen LogP contribution in [0.5, 0.6) is 0 Å². The third kappa shape index (κ3) is 6.31. The quantitative estimate of drug-likeness (QED) is 0.531. The molecule has 0 aromatic heterocycles. The Balaban J connectivity index is 2.60. The summed E-state index contributed by atoms with van der Waals surface area (Å²) in [4.78, 5) is 38.2. The third-order valence-electron chi connectivity index (χ3n) is 4.20. The molecule has 1 saturated heterocycles. The van der Waals surface area contributed by atoms with Crippen molar-refractivity contribution in [3.63, 3.8) is 0 Å². The van der Waals surface area contributed by atoms with Crippen molar-refractivity contribution < 1.29 is 24.2 Å². The molecule has 1 N–H and O–H groups in total. The molecule has 7 nitrogen and oxygen atoms in total. The summed E-state index contributed by atoms with van der Waals surface area (Å²) in [5.41, 5.74) is 0. The first-order chi connectivity index (χ1) is 11.4. The normalized spacial score (nSPS) is 19.2. The van der Waals surface area contributed by atoms with Crippen molar-refractivity contribution in [1.82, 2.24) is 9.80 Å². The largest absolute Gasteiger partial charge is 0.480 e. The SMILES string of the molecule is C=CCCOC(C)C(=O)N1CCCC(N(CC(=O)O)C(C)=O)CC1. The number of rotatable bonds is 8. The maximum Gasteiger partial charge on any atom is 0.323 e. The lowest BCUT2D eigenvalue weighted by Crippen LogP contribution is -2.43. The van der Waals surface area contributed by atoms with E-state index in [-0.39, 0.29) is 24.4 Å². The van der Waals surface area contributed by atoms with Crippen LogP contribution in [0.1, 0.15) is 39.5 Å². The van der Waals surface area contributed by atoms with E-state index in [1.54, 1.807) is 17.9 Å². The Morgan fingerprint density at radius 2 is 2.08 bits per heavy atom. The lowest BCUT2D eigenvalue weighted by Gasteiger charge is -2.29. The molecule has 2 unspecified atom stereocenters. The van der Waals surface area contributed by atoms with Crippen LogP contribution < -0.4 is 0 Å². The molecule has 0 aromatic carbocycles. The third-order valence-corrected chi connectivity index (χ3v) is 4.20. The molecule has 7 heteroatoms. The van der Waals surface area contributed by atoms with Crippen LogP contribution in [0.25, 0.3) is 0 Å². The van der Waals surface area contributed by atoms with Gasteiger partial charge in [-0.05, 0) is 32.6 Å². The van der Waals surface area contributed by atoms with Crippen molar-refractivity contribution in [2.24, 2.45) is 0 Å². The van der Waals surface area contributed by atoms with Gasteiger partial charge in [0.2, 0.25) is 5.91 Å². The van der Waals surface area contributed by atoms with E-state index in [2.05, 4.69) is 6.58 Å². The van der Waals surface area contributed by atoms with E-state index >= 15 is 0 Å². The summed E-state index contributed by atoms with van der Waals surface area (Å²) in [5.74, 6) is -1.33. The Morgan fingerprint density at radius 3 is 2.67 bits per heavy atom. The number of aliphatic carboxylic acids is 1. The van der Waals surface area contributed by atoms with Crippen LogP contribution in [0.2, 0.25) is 0 Å². The fourth-order valence-corrected chi connectivity index (χ4v) is 2.91. The Kier molecular flexibility index (Phi) is 8.46. The van der Waals surface area contributed by atoms with E-state index in [1.807, 2.05) is 0 Å². The lowest BCUT2D eigenvalue weighted by atomic mass is 10.1. The second kappa shape index (κ2) is 10.1. The van der Waals surface area contributed by atoms with Gasteiger partial charge in [0, 0.05) is 26.1 Å². The van der Waals surface area contributed by atoms with E-state index < -0.39 is 12.1 Å². The van der Waals surface area contributed by atoms with Gasteiger partial charge in [-0.2, -0.15) is 0 Å². The second-order valence-electron chi connectivity index (χ2n) is 6.04. The van der Waals surface area contributed by atoms with Crippen LogP contribution in [0.3, 0.4) is 0 Å². The van der Waals surface area contributed by atoms with Crippen LogP contribution in [0.4, 0.5) is 0 Å². The van der Waals surface area contributed by atoms with Gasteiger partial charge in [0.15, 0.2) is 0 Å². The predicted molar refractivity (Wildman–Crippen MR) is 89.5 cm³/mol. The maximum absolute atomic E-state index is 12.4. The number of carbonyl (C=O) groups is 3. The summed E-state index contributed by atoms with van der Waals surface area (Å²) in [6, 6.07) is -0.145. The predicted octanol–water partition coefficient (Wildman–Crippen LogP) is 1.28. The fourth-order valence-electron chi connectivity index (χ4n) is 2.91. The van der Waals surface area contributed by atoms with Crippen LogP contribution in [0, 0.1) is 0 Å². The minimum atomic E-state index is -1.02. The van der Waals surface area contributed by atoms with Crippen molar-refractivity contribution >= 4 is 17.8 Å². The summed E-state index contributed by atoms with van der Waals surface area (Å²) >= 11 is 0. The van der Waals surface area contributed by atoms with E-state index in [0.717, 1.165) is 6.42 Å². The zero-order valence-corrected chi connectivity index (χ0v) is 14.6. The van der Waals surface area contributed by atoms with Crippen molar-refractivity contribution in [1.29, 1.82) is 0 Å². The average Bonchev–Trinajstić information content (AvgIpc) is 2.77. The summed E-state index contributed by atoms with van der Waals surface area (Å²) in [5, 5.41) is 8.97. The Bertz CT molecular complexity index is 466. The minimum Gasteiger partial charge on any atom is -0.480 e. The molecule has 0 saturated carbocycles. The number of carboxylic acid groups (broad SMARTS) is 1. The molecule has 0 radical (unpaired) electrons. The van der Waals surface area contributed by atoms with Crippen molar-refractivity contribution in [3.8, 4) is 0 Å². The summed E-state index contributed by atoms with van der Waals surface area (Å²) in [6.07, 6.45) is 3.94. The molecule has 0 bridgehead atoms. The smallest absolute Gasteiger partial charge is 0.323 e. The van der Waals surface area contributed by atoms with Crippen LogP contribution in [-0.4, -0.2) is 71.1 Å². The highest BCUT2D eigenvalue weighted by Gasteiger charge is 2.29. The molecule has 0 spiro atoms. The van der Waals surface area contributed by atoms with E-state index in [0.29, 0.717) is 39.0 Å². The Labute approximate surface area is 143 Å². The molecule has 1 heterocycles. The maximum atomic E-state index is 12.4. The molecule has 0 aliphatic carbocycles. The zero-order chi connectivity index (χ0) is 18.1. The highest BCUT2D eigenvalue weighted by molar-refractivity contribution is 5.81. The number of hydrogen-bond donors (Lipinski definition) is 1. The number of ether oxygens (including phenoxy) is 1. The van der Waals surface area contributed by atoms with E-state index in [9.17, 15) is 14.4 Å². The molecule has 136 valence electrons. The number of hydrogen-bond acceptors (Lipinski definition) is 4. The average molecular weight is 340 g/mol.